The summed E-state index contributed by atoms with van der Waals surface area (Å²) in [5.41, 5.74) is 20.3. The fourth-order valence-electron chi connectivity index (χ4n) is 4.88. The molecular formula is C30H42. The highest BCUT2D eigenvalue weighted by Gasteiger charge is 2.16. The first-order valence-corrected chi connectivity index (χ1v) is 11.2. The second kappa shape index (κ2) is 8.58. The molecule has 0 aliphatic carbocycles. The van der Waals surface area contributed by atoms with Crippen molar-refractivity contribution in [3.63, 3.8) is 0 Å². The molecule has 0 amide bonds. The van der Waals surface area contributed by atoms with Gasteiger partial charge in [-0.2, -0.15) is 0 Å². The zero-order valence-corrected chi connectivity index (χ0v) is 22.0. The van der Waals surface area contributed by atoms with Crippen molar-refractivity contribution in [2.24, 2.45) is 0 Å². The number of benzene rings is 3. The summed E-state index contributed by atoms with van der Waals surface area (Å²) in [6, 6.07) is 0. The van der Waals surface area contributed by atoms with Gasteiger partial charge in [-0.1, -0.05) is 0 Å². The van der Waals surface area contributed by atoms with Gasteiger partial charge in [-0.25, -0.2) is 0 Å². The number of hydrogen-bond acceptors (Lipinski definition) is 0. The van der Waals surface area contributed by atoms with Gasteiger partial charge in [0.2, 0.25) is 0 Å². The Morgan fingerprint density at radius 1 is 0.167 bits per heavy atom. The van der Waals surface area contributed by atoms with Crippen LogP contribution in [0.15, 0.2) is 0 Å². The van der Waals surface area contributed by atoms with Gasteiger partial charge in [0.25, 0.3) is 0 Å². The van der Waals surface area contributed by atoms with Crippen molar-refractivity contribution in [2.45, 2.75) is 96.9 Å². The zero-order chi connectivity index (χ0) is 23.2. The summed E-state index contributed by atoms with van der Waals surface area (Å²) in [6.07, 6.45) is 0. The first-order chi connectivity index (χ1) is 13.7. The summed E-state index contributed by atoms with van der Waals surface area (Å²) in [4.78, 5) is 0. The lowest BCUT2D eigenvalue weighted by atomic mass is 9.83. The molecule has 0 fully saturated rings. The highest BCUT2D eigenvalue weighted by molar-refractivity contribution is 5.97. The molecule has 0 spiro atoms. The van der Waals surface area contributed by atoms with E-state index in [1.54, 1.807) is 0 Å². The van der Waals surface area contributed by atoms with Crippen LogP contribution in [0.3, 0.4) is 0 Å². The molecule has 3 rings (SSSR count). The van der Waals surface area contributed by atoms with Gasteiger partial charge in [0.1, 0.15) is 0 Å². The molecule has 0 aliphatic rings. The standard InChI is InChI=1S/C18H24.C12H18/c1-9-10(2)14(6)18-16(8)12(4)11(3)15(7)17(18)13(9)5;1-7-8(2)10(4)12(6)11(5)9(7)3/h1-8H3;1-6H3. The zero-order valence-electron chi connectivity index (χ0n) is 22.0. The van der Waals surface area contributed by atoms with Crippen molar-refractivity contribution in [3.8, 4) is 0 Å². The van der Waals surface area contributed by atoms with Gasteiger partial charge in [0.15, 0.2) is 0 Å². The third-order valence-corrected chi connectivity index (χ3v) is 8.50. The summed E-state index contributed by atoms with van der Waals surface area (Å²) in [5.74, 6) is 0. The Hall–Kier alpha value is -2.08. The van der Waals surface area contributed by atoms with Crippen LogP contribution in [0.25, 0.3) is 10.8 Å². The number of fused-ring (bicyclic) bond motifs is 1. The van der Waals surface area contributed by atoms with E-state index in [1.165, 1.54) is 88.7 Å². The molecule has 0 N–H and O–H groups in total. The van der Waals surface area contributed by atoms with E-state index >= 15 is 0 Å². The van der Waals surface area contributed by atoms with Crippen LogP contribution < -0.4 is 0 Å². The van der Waals surface area contributed by atoms with Crippen LogP contribution in [0.2, 0.25) is 0 Å². The van der Waals surface area contributed by atoms with E-state index in [2.05, 4.69) is 96.9 Å². The molecule has 162 valence electrons. The van der Waals surface area contributed by atoms with E-state index in [1.807, 2.05) is 0 Å². The lowest BCUT2D eigenvalue weighted by Crippen LogP contribution is -2.01. The van der Waals surface area contributed by atoms with Crippen LogP contribution in [0.5, 0.6) is 0 Å². The van der Waals surface area contributed by atoms with Crippen LogP contribution >= 0.6 is 0 Å². The summed E-state index contributed by atoms with van der Waals surface area (Å²) in [5, 5.41) is 2.97. The molecule has 0 atom stereocenters. The fraction of sp³-hybridized carbons (Fsp3) is 0.467. The third kappa shape index (κ3) is 3.70. The predicted octanol–water partition coefficient (Wildman–Crippen LogP) is 8.84. The van der Waals surface area contributed by atoms with Crippen LogP contribution in [-0.2, 0) is 0 Å². The van der Waals surface area contributed by atoms with Gasteiger partial charge in [-0.3, -0.25) is 0 Å². The highest BCUT2D eigenvalue weighted by atomic mass is 14.2. The smallest absolute Gasteiger partial charge is 0.0114 e. The van der Waals surface area contributed by atoms with Crippen LogP contribution in [0.1, 0.15) is 77.9 Å². The molecule has 0 saturated carbocycles. The Labute approximate surface area is 185 Å². The first-order valence-electron chi connectivity index (χ1n) is 11.2. The Kier molecular flexibility index (Phi) is 6.92. The van der Waals surface area contributed by atoms with Crippen molar-refractivity contribution < 1.29 is 0 Å². The minimum Gasteiger partial charge on any atom is -0.0447 e. The number of aryl methyl sites for hydroxylation is 4. The largest absolute Gasteiger partial charge is 0.0447 e. The maximum absolute atomic E-state index is 2.27. The molecule has 0 nitrogen and oxygen atoms in total. The van der Waals surface area contributed by atoms with E-state index in [4.69, 9.17) is 0 Å². The quantitative estimate of drug-likeness (QED) is 0.352. The summed E-state index contributed by atoms with van der Waals surface area (Å²) < 4.78 is 0. The average molecular weight is 403 g/mol. The lowest BCUT2D eigenvalue weighted by molar-refractivity contribution is 1.13. The van der Waals surface area contributed by atoms with E-state index in [0.29, 0.717) is 0 Å². The van der Waals surface area contributed by atoms with Gasteiger partial charge in [-0.15, -0.1) is 0 Å². The number of hydrogen-bond donors (Lipinski definition) is 0. The van der Waals surface area contributed by atoms with Crippen LogP contribution in [0.4, 0.5) is 0 Å². The molecule has 0 aromatic heterocycles. The van der Waals surface area contributed by atoms with Crippen LogP contribution in [-0.4, -0.2) is 0 Å². The summed E-state index contributed by atoms with van der Waals surface area (Å²) >= 11 is 0. The van der Waals surface area contributed by atoms with Crippen molar-refractivity contribution in [2.75, 3.05) is 0 Å². The Bertz CT molecular complexity index is 936. The van der Waals surface area contributed by atoms with Crippen molar-refractivity contribution >= 4 is 10.8 Å². The van der Waals surface area contributed by atoms with Gasteiger partial charge >= 0.3 is 0 Å². The van der Waals surface area contributed by atoms with E-state index in [0.717, 1.165) is 0 Å². The molecule has 3 aromatic rings. The first kappa shape index (κ1) is 24.2. The minimum absolute atomic E-state index is 1.45. The summed E-state index contributed by atoms with van der Waals surface area (Å²) in [6.45, 7) is 31.4. The fourth-order valence-corrected chi connectivity index (χ4v) is 4.88. The Balaban J connectivity index is 0.000000232. The normalized spacial score (nSPS) is 11.0. The van der Waals surface area contributed by atoms with Crippen molar-refractivity contribution in [3.05, 3.63) is 77.9 Å². The van der Waals surface area contributed by atoms with E-state index < -0.39 is 0 Å². The molecular weight excluding hydrogens is 360 g/mol. The maximum Gasteiger partial charge on any atom is -0.0114 e. The van der Waals surface area contributed by atoms with Gasteiger partial charge in [0.05, 0.1) is 0 Å². The lowest BCUT2D eigenvalue weighted by Gasteiger charge is -2.21. The average Bonchev–Trinajstić information content (AvgIpc) is 2.73. The number of rotatable bonds is 0. The second-order valence-electron chi connectivity index (χ2n) is 9.50. The molecule has 0 saturated heterocycles. The molecule has 0 aliphatic heterocycles. The molecule has 0 heteroatoms. The molecule has 3 aromatic carbocycles. The maximum atomic E-state index is 2.27. The monoisotopic (exact) mass is 402 g/mol. The third-order valence-electron chi connectivity index (χ3n) is 8.50. The topological polar surface area (TPSA) is 0 Å². The van der Waals surface area contributed by atoms with E-state index in [-0.39, 0.29) is 0 Å². The molecule has 0 radical (unpaired) electrons. The van der Waals surface area contributed by atoms with Crippen molar-refractivity contribution in [1.29, 1.82) is 0 Å². The molecule has 0 heterocycles. The Morgan fingerprint density at radius 2 is 0.267 bits per heavy atom. The van der Waals surface area contributed by atoms with Gasteiger partial charge in [-0.05, 0) is 186 Å². The molecule has 0 unspecified atom stereocenters. The minimum atomic E-state index is 1.45. The summed E-state index contributed by atoms with van der Waals surface area (Å²) in [7, 11) is 0. The van der Waals surface area contributed by atoms with Crippen LogP contribution in [0, 0.1) is 96.9 Å². The SMILES string of the molecule is Cc1c(C)c(C)c(C)c(C)c1C.Cc1c(C)c(C)c2c(C)c(C)c(C)c(C)c2c1C. The van der Waals surface area contributed by atoms with Gasteiger partial charge in [0, 0.05) is 0 Å². The predicted molar refractivity (Wildman–Crippen MR) is 137 cm³/mol. The molecule has 30 heavy (non-hydrogen) atoms. The Morgan fingerprint density at radius 3 is 0.400 bits per heavy atom. The second-order valence-corrected chi connectivity index (χ2v) is 9.50. The van der Waals surface area contributed by atoms with Crippen molar-refractivity contribution in [1.82, 2.24) is 0 Å². The van der Waals surface area contributed by atoms with Gasteiger partial charge < -0.3 is 0 Å². The molecule has 0 bridgehead atoms. The van der Waals surface area contributed by atoms with E-state index in [9.17, 15) is 0 Å². The highest BCUT2D eigenvalue weighted by Crippen LogP contribution is 2.36.